The molecule has 0 bridgehead atoms. The molecule has 0 unspecified atom stereocenters. The van der Waals surface area contributed by atoms with Crippen LogP contribution in [0.25, 0.3) is 10.9 Å². The standard InChI is InChI=1S/C13H19N3S/c1-3-17-9-8-16-13-7-5-4-6-11(13)12(15-16)10-14-2/h4-7,14H,3,8-10H2,1-2H3. The van der Waals surface area contributed by atoms with Crippen LogP contribution in [0, 0.1) is 0 Å². The monoisotopic (exact) mass is 249 g/mol. The number of thioether (sulfide) groups is 1. The van der Waals surface area contributed by atoms with Crippen LogP contribution in [0.5, 0.6) is 0 Å². The van der Waals surface area contributed by atoms with E-state index >= 15 is 0 Å². The molecule has 1 N–H and O–H groups in total. The van der Waals surface area contributed by atoms with Gasteiger partial charge in [-0.2, -0.15) is 16.9 Å². The Morgan fingerprint density at radius 1 is 1.35 bits per heavy atom. The Balaban J connectivity index is 2.28. The number of rotatable bonds is 6. The maximum absolute atomic E-state index is 4.69. The first-order valence-corrected chi connectivity index (χ1v) is 7.19. The minimum Gasteiger partial charge on any atom is -0.314 e. The molecule has 0 aliphatic rings. The van der Waals surface area contributed by atoms with E-state index in [4.69, 9.17) is 5.10 Å². The van der Waals surface area contributed by atoms with Gasteiger partial charge >= 0.3 is 0 Å². The molecule has 0 aliphatic heterocycles. The van der Waals surface area contributed by atoms with Crippen LogP contribution in [0.3, 0.4) is 0 Å². The van der Waals surface area contributed by atoms with Crippen LogP contribution in [0.15, 0.2) is 24.3 Å². The Morgan fingerprint density at radius 3 is 2.94 bits per heavy atom. The number of fused-ring (bicyclic) bond motifs is 1. The third-order valence-corrected chi connectivity index (χ3v) is 3.61. The van der Waals surface area contributed by atoms with Crippen molar-refractivity contribution >= 4 is 22.7 Å². The van der Waals surface area contributed by atoms with Gasteiger partial charge in [0, 0.05) is 17.7 Å². The van der Waals surface area contributed by atoms with Crippen LogP contribution < -0.4 is 5.32 Å². The van der Waals surface area contributed by atoms with Gasteiger partial charge in [-0.05, 0) is 18.9 Å². The van der Waals surface area contributed by atoms with Gasteiger partial charge in [0.05, 0.1) is 17.8 Å². The number of nitrogens with one attached hydrogen (secondary N) is 1. The van der Waals surface area contributed by atoms with Crippen molar-refractivity contribution in [2.45, 2.75) is 20.0 Å². The summed E-state index contributed by atoms with van der Waals surface area (Å²) in [6.07, 6.45) is 0. The highest BCUT2D eigenvalue weighted by Crippen LogP contribution is 2.18. The number of benzene rings is 1. The highest BCUT2D eigenvalue weighted by atomic mass is 32.2. The predicted molar refractivity (Wildman–Crippen MR) is 75.5 cm³/mol. The molecule has 0 saturated heterocycles. The van der Waals surface area contributed by atoms with Crippen LogP contribution in [0.4, 0.5) is 0 Å². The number of aryl methyl sites for hydroxylation is 1. The van der Waals surface area contributed by atoms with Crippen LogP contribution in [0.2, 0.25) is 0 Å². The molecule has 0 spiro atoms. The first-order valence-electron chi connectivity index (χ1n) is 6.03. The van der Waals surface area contributed by atoms with E-state index in [0.29, 0.717) is 0 Å². The zero-order valence-corrected chi connectivity index (χ0v) is 11.3. The van der Waals surface area contributed by atoms with E-state index in [9.17, 15) is 0 Å². The minimum atomic E-state index is 0.828. The van der Waals surface area contributed by atoms with Crippen molar-refractivity contribution in [1.82, 2.24) is 15.1 Å². The molecular weight excluding hydrogens is 230 g/mol. The van der Waals surface area contributed by atoms with E-state index in [2.05, 4.69) is 41.2 Å². The Labute approximate surface area is 107 Å². The summed E-state index contributed by atoms with van der Waals surface area (Å²) in [6, 6.07) is 8.46. The zero-order chi connectivity index (χ0) is 12.1. The fourth-order valence-electron chi connectivity index (χ4n) is 1.96. The van der Waals surface area contributed by atoms with Crippen molar-refractivity contribution in [3.05, 3.63) is 30.0 Å². The Hall–Kier alpha value is -1.00. The summed E-state index contributed by atoms with van der Waals surface area (Å²) in [5, 5.41) is 9.13. The first-order chi connectivity index (χ1) is 8.36. The van der Waals surface area contributed by atoms with E-state index in [0.717, 1.165) is 24.5 Å². The van der Waals surface area contributed by atoms with Gasteiger partial charge in [-0.15, -0.1) is 0 Å². The van der Waals surface area contributed by atoms with E-state index in [1.807, 2.05) is 18.8 Å². The highest BCUT2D eigenvalue weighted by molar-refractivity contribution is 7.99. The van der Waals surface area contributed by atoms with Crippen LogP contribution >= 0.6 is 11.8 Å². The van der Waals surface area contributed by atoms with Crippen molar-refractivity contribution < 1.29 is 0 Å². The lowest BCUT2D eigenvalue weighted by Crippen LogP contribution is -2.08. The normalized spacial score (nSPS) is 11.2. The molecule has 2 aromatic rings. The number of para-hydroxylation sites is 1. The Kier molecular flexibility index (Phi) is 4.45. The maximum atomic E-state index is 4.69. The van der Waals surface area contributed by atoms with Crippen LogP contribution in [-0.2, 0) is 13.1 Å². The summed E-state index contributed by atoms with van der Waals surface area (Å²) in [7, 11) is 1.96. The number of hydrogen-bond donors (Lipinski definition) is 1. The van der Waals surface area contributed by atoms with E-state index < -0.39 is 0 Å². The lowest BCUT2D eigenvalue weighted by molar-refractivity contribution is 0.661. The van der Waals surface area contributed by atoms with E-state index in [1.165, 1.54) is 16.7 Å². The summed E-state index contributed by atoms with van der Waals surface area (Å²) < 4.78 is 2.13. The third kappa shape index (κ3) is 2.82. The average molecular weight is 249 g/mol. The van der Waals surface area contributed by atoms with Crippen LogP contribution in [-0.4, -0.2) is 28.3 Å². The number of hydrogen-bond acceptors (Lipinski definition) is 3. The molecule has 0 radical (unpaired) electrons. The second-order valence-corrected chi connectivity index (χ2v) is 5.31. The third-order valence-electron chi connectivity index (χ3n) is 2.73. The van der Waals surface area contributed by atoms with Crippen molar-refractivity contribution in [2.75, 3.05) is 18.6 Å². The van der Waals surface area contributed by atoms with Gasteiger partial charge in [-0.3, -0.25) is 4.68 Å². The molecule has 1 aromatic heterocycles. The van der Waals surface area contributed by atoms with Gasteiger partial charge in [0.15, 0.2) is 0 Å². The molecule has 3 nitrogen and oxygen atoms in total. The van der Waals surface area contributed by atoms with Gasteiger partial charge in [-0.1, -0.05) is 25.1 Å². The average Bonchev–Trinajstić information content (AvgIpc) is 2.70. The zero-order valence-electron chi connectivity index (χ0n) is 10.4. The van der Waals surface area contributed by atoms with Crippen molar-refractivity contribution in [1.29, 1.82) is 0 Å². The molecule has 0 atom stereocenters. The number of nitrogens with zero attached hydrogens (tertiary/aromatic N) is 2. The highest BCUT2D eigenvalue weighted by Gasteiger charge is 2.08. The molecular formula is C13H19N3S. The smallest absolute Gasteiger partial charge is 0.0841 e. The van der Waals surface area contributed by atoms with Crippen molar-refractivity contribution in [2.24, 2.45) is 0 Å². The lowest BCUT2D eigenvalue weighted by Gasteiger charge is -2.01. The van der Waals surface area contributed by atoms with Gasteiger partial charge in [0.25, 0.3) is 0 Å². The molecule has 0 saturated carbocycles. The van der Waals surface area contributed by atoms with Gasteiger partial charge in [0.2, 0.25) is 0 Å². The maximum Gasteiger partial charge on any atom is 0.0841 e. The molecule has 1 heterocycles. The van der Waals surface area contributed by atoms with Gasteiger partial charge in [-0.25, -0.2) is 0 Å². The topological polar surface area (TPSA) is 29.9 Å². The molecule has 4 heteroatoms. The number of aromatic nitrogens is 2. The van der Waals surface area contributed by atoms with Gasteiger partial charge in [0.1, 0.15) is 0 Å². The molecule has 92 valence electrons. The summed E-state index contributed by atoms with van der Waals surface area (Å²) >= 11 is 1.96. The van der Waals surface area contributed by atoms with E-state index in [-0.39, 0.29) is 0 Å². The minimum absolute atomic E-state index is 0.828. The molecule has 0 aliphatic carbocycles. The summed E-state index contributed by atoms with van der Waals surface area (Å²) in [5.74, 6) is 2.30. The van der Waals surface area contributed by atoms with Gasteiger partial charge < -0.3 is 5.32 Å². The summed E-state index contributed by atoms with van der Waals surface area (Å²) in [5.41, 5.74) is 2.39. The largest absolute Gasteiger partial charge is 0.314 e. The Bertz CT molecular complexity index is 478. The Morgan fingerprint density at radius 2 is 2.18 bits per heavy atom. The fourth-order valence-corrected chi connectivity index (χ4v) is 2.55. The SMILES string of the molecule is CCSCCn1nc(CNC)c2ccccc21. The molecule has 2 rings (SSSR count). The predicted octanol–water partition coefficient (Wildman–Crippen LogP) is 2.51. The summed E-state index contributed by atoms with van der Waals surface area (Å²) in [6.45, 7) is 4.01. The fraction of sp³-hybridized carbons (Fsp3) is 0.462. The van der Waals surface area contributed by atoms with Crippen molar-refractivity contribution in [3.8, 4) is 0 Å². The first kappa shape index (κ1) is 12.5. The molecule has 0 amide bonds. The second-order valence-electron chi connectivity index (χ2n) is 3.91. The summed E-state index contributed by atoms with van der Waals surface area (Å²) in [4.78, 5) is 0. The molecule has 0 fully saturated rings. The second kappa shape index (κ2) is 6.07. The van der Waals surface area contributed by atoms with Crippen LogP contribution in [0.1, 0.15) is 12.6 Å². The van der Waals surface area contributed by atoms with Crippen molar-refractivity contribution in [3.63, 3.8) is 0 Å². The molecule has 1 aromatic carbocycles. The quantitative estimate of drug-likeness (QED) is 0.798. The lowest BCUT2D eigenvalue weighted by atomic mass is 10.2. The van der Waals surface area contributed by atoms with E-state index in [1.54, 1.807) is 0 Å². The molecule has 17 heavy (non-hydrogen) atoms.